The normalized spacial score (nSPS) is 12.1. The molecule has 1 heterocycles. The van der Waals surface area contributed by atoms with Crippen LogP contribution in [-0.4, -0.2) is 40.7 Å². The molecule has 0 radical (unpaired) electrons. The molecule has 0 spiro atoms. The van der Waals surface area contributed by atoms with E-state index in [-0.39, 0.29) is 6.61 Å². The van der Waals surface area contributed by atoms with E-state index >= 15 is 0 Å². The van der Waals surface area contributed by atoms with E-state index in [2.05, 4.69) is 35.5 Å². The van der Waals surface area contributed by atoms with Gasteiger partial charge in [-0.3, -0.25) is 4.68 Å². The number of hydrogen-bond donors (Lipinski definition) is 2. The lowest BCUT2D eigenvalue weighted by molar-refractivity contribution is 0.106. The summed E-state index contributed by atoms with van der Waals surface area (Å²) in [7, 11) is 0. The van der Waals surface area contributed by atoms with Gasteiger partial charge in [0.1, 0.15) is 18.5 Å². The molecule has 0 bridgehead atoms. The highest BCUT2D eigenvalue weighted by Gasteiger charge is 2.06. The number of nitrogens with zero attached hydrogens (tertiary/aromatic N) is 2. The van der Waals surface area contributed by atoms with Crippen LogP contribution in [0.4, 0.5) is 0 Å². The molecule has 2 N–H and O–H groups in total. The number of nitrogens with one attached hydrogen (secondary N) is 1. The highest BCUT2D eigenvalue weighted by molar-refractivity contribution is 5.63. The Morgan fingerprint density at radius 3 is 2.43 bits per heavy atom. The number of ether oxygens (including phenoxy) is 1. The smallest absolute Gasteiger partial charge is 0.119 e. The lowest BCUT2D eigenvalue weighted by Crippen LogP contribution is -2.32. The summed E-state index contributed by atoms with van der Waals surface area (Å²) in [6.07, 6.45) is 0.429. The Kier molecular flexibility index (Phi) is 7.23. The summed E-state index contributed by atoms with van der Waals surface area (Å²) >= 11 is 0. The van der Waals surface area contributed by atoms with Gasteiger partial charge in [-0.05, 0) is 56.1 Å². The highest BCUT2D eigenvalue weighted by atomic mass is 16.5. The van der Waals surface area contributed by atoms with Gasteiger partial charge in [-0.15, -0.1) is 0 Å². The molecule has 0 unspecified atom stereocenters. The van der Waals surface area contributed by atoms with E-state index in [1.807, 2.05) is 54.1 Å². The van der Waals surface area contributed by atoms with E-state index in [0.29, 0.717) is 6.54 Å². The third kappa shape index (κ3) is 5.94. The number of benzene rings is 2. The van der Waals surface area contributed by atoms with Gasteiger partial charge in [0, 0.05) is 18.8 Å². The van der Waals surface area contributed by atoms with Crippen molar-refractivity contribution in [3.05, 3.63) is 72.1 Å². The Balaban J connectivity index is 1.33. The summed E-state index contributed by atoms with van der Waals surface area (Å²) in [5.74, 6) is 0.767. The van der Waals surface area contributed by atoms with Gasteiger partial charge < -0.3 is 15.2 Å². The van der Waals surface area contributed by atoms with Crippen LogP contribution in [0.3, 0.4) is 0 Å². The highest BCUT2D eigenvalue weighted by Crippen LogP contribution is 2.22. The summed E-state index contributed by atoms with van der Waals surface area (Å²) in [5, 5.41) is 17.8. The van der Waals surface area contributed by atoms with Crippen molar-refractivity contribution in [2.45, 2.75) is 32.9 Å². The van der Waals surface area contributed by atoms with Crippen molar-refractivity contribution < 1.29 is 9.84 Å². The van der Waals surface area contributed by atoms with Crippen molar-refractivity contribution in [3.8, 4) is 16.9 Å². The van der Waals surface area contributed by atoms with Crippen LogP contribution in [0.5, 0.6) is 5.75 Å². The zero-order valence-corrected chi connectivity index (χ0v) is 16.6. The standard InChI is InChI=1S/C23H29N3O2/c1-18-15-19(2)26(25-18)14-6-13-24-16-22(27)17-28-23-11-9-21(10-12-23)20-7-4-3-5-8-20/h3-5,7-12,15,22,24,27H,6,13-14,16-17H2,1-2H3/t22-/m0/s1. The number of hydrogen-bond acceptors (Lipinski definition) is 4. The van der Waals surface area contributed by atoms with E-state index in [9.17, 15) is 5.11 Å². The van der Waals surface area contributed by atoms with E-state index in [0.717, 1.165) is 36.5 Å². The van der Waals surface area contributed by atoms with Crippen LogP contribution in [-0.2, 0) is 6.54 Å². The van der Waals surface area contributed by atoms with Crippen LogP contribution in [0.15, 0.2) is 60.7 Å². The molecule has 5 heteroatoms. The summed E-state index contributed by atoms with van der Waals surface area (Å²) in [6, 6.07) is 20.3. The lowest BCUT2D eigenvalue weighted by Gasteiger charge is -2.14. The van der Waals surface area contributed by atoms with Crippen LogP contribution in [0.25, 0.3) is 11.1 Å². The van der Waals surface area contributed by atoms with Crippen LogP contribution in [0.2, 0.25) is 0 Å². The average Bonchev–Trinajstić information content (AvgIpc) is 3.04. The molecule has 1 atom stereocenters. The second kappa shape index (κ2) is 10.1. The first-order valence-electron chi connectivity index (χ1n) is 9.80. The summed E-state index contributed by atoms with van der Waals surface area (Å²) in [4.78, 5) is 0. The maximum atomic E-state index is 10.1. The fraction of sp³-hybridized carbons (Fsp3) is 0.348. The van der Waals surface area contributed by atoms with E-state index in [1.165, 1.54) is 11.3 Å². The number of aromatic nitrogens is 2. The van der Waals surface area contributed by atoms with E-state index in [4.69, 9.17) is 4.74 Å². The fourth-order valence-corrected chi connectivity index (χ4v) is 3.15. The first-order chi connectivity index (χ1) is 13.6. The molecule has 0 aliphatic rings. The molecule has 5 nitrogen and oxygen atoms in total. The van der Waals surface area contributed by atoms with Gasteiger partial charge in [0.25, 0.3) is 0 Å². The second-order valence-corrected chi connectivity index (χ2v) is 7.06. The molecule has 1 aromatic heterocycles. The number of aliphatic hydroxyl groups excluding tert-OH is 1. The zero-order chi connectivity index (χ0) is 19.8. The Labute approximate surface area is 167 Å². The zero-order valence-electron chi connectivity index (χ0n) is 16.6. The maximum absolute atomic E-state index is 10.1. The predicted molar refractivity (Wildman–Crippen MR) is 113 cm³/mol. The molecule has 0 saturated heterocycles. The molecule has 0 aliphatic carbocycles. The largest absolute Gasteiger partial charge is 0.491 e. The third-order valence-corrected chi connectivity index (χ3v) is 4.61. The molecule has 2 aromatic carbocycles. The SMILES string of the molecule is Cc1cc(C)n(CCCNC[C@H](O)COc2ccc(-c3ccccc3)cc2)n1. The van der Waals surface area contributed by atoms with Gasteiger partial charge in [-0.2, -0.15) is 5.10 Å². The molecular formula is C23H29N3O2. The summed E-state index contributed by atoms with van der Waals surface area (Å²) in [5.41, 5.74) is 4.57. The van der Waals surface area contributed by atoms with Crippen molar-refractivity contribution in [1.82, 2.24) is 15.1 Å². The number of aliphatic hydroxyl groups is 1. The molecule has 0 saturated carbocycles. The predicted octanol–water partition coefficient (Wildman–Crippen LogP) is 3.59. The first kappa shape index (κ1) is 20.1. The minimum absolute atomic E-state index is 0.273. The van der Waals surface area contributed by atoms with Gasteiger partial charge in [-0.1, -0.05) is 42.5 Å². The Morgan fingerprint density at radius 1 is 1.04 bits per heavy atom. The molecule has 0 amide bonds. The van der Waals surface area contributed by atoms with E-state index < -0.39 is 6.10 Å². The van der Waals surface area contributed by atoms with Gasteiger partial charge in [0.2, 0.25) is 0 Å². The molecule has 0 aliphatic heterocycles. The van der Waals surface area contributed by atoms with Crippen molar-refractivity contribution >= 4 is 0 Å². The quantitative estimate of drug-likeness (QED) is 0.529. The fourth-order valence-electron chi connectivity index (χ4n) is 3.15. The third-order valence-electron chi connectivity index (χ3n) is 4.61. The molecule has 0 fully saturated rings. The number of aryl methyl sites for hydroxylation is 3. The van der Waals surface area contributed by atoms with Crippen LogP contribution < -0.4 is 10.1 Å². The summed E-state index contributed by atoms with van der Waals surface area (Å²) < 4.78 is 7.72. The maximum Gasteiger partial charge on any atom is 0.119 e. The van der Waals surface area contributed by atoms with Crippen LogP contribution >= 0.6 is 0 Å². The van der Waals surface area contributed by atoms with Gasteiger partial charge in [0.05, 0.1) is 5.69 Å². The Bertz CT molecular complexity index is 844. The first-order valence-corrected chi connectivity index (χ1v) is 9.80. The minimum Gasteiger partial charge on any atom is -0.491 e. The van der Waals surface area contributed by atoms with Gasteiger partial charge in [-0.25, -0.2) is 0 Å². The number of rotatable bonds is 10. The van der Waals surface area contributed by atoms with Crippen LogP contribution in [0.1, 0.15) is 17.8 Å². The molecular weight excluding hydrogens is 350 g/mol. The lowest BCUT2D eigenvalue weighted by atomic mass is 10.1. The molecule has 3 aromatic rings. The van der Waals surface area contributed by atoms with Crippen molar-refractivity contribution in [1.29, 1.82) is 0 Å². The van der Waals surface area contributed by atoms with Crippen molar-refractivity contribution in [3.63, 3.8) is 0 Å². The van der Waals surface area contributed by atoms with Gasteiger partial charge in [0.15, 0.2) is 0 Å². The monoisotopic (exact) mass is 379 g/mol. The minimum atomic E-state index is -0.539. The van der Waals surface area contributed by atoms with Crippen LogP contribution in [0, 0.1) is 13.8 Å². The topological polar surface area (TPSA) is 59.3 Å². The Morgan fingerprint density at radius 2 is 1.75 bits per heavy atom. The Hall–Kier alpha value is -2.63. The van der Waals surface area contributed by atoms with Gasteiger partial charge >= 0.3 is 0 Å². The second-order valence-electron chi connectivity index (χ2n) is 7.06. The van der Waals surface area contributed by atoms with Crippen molar-refractivity contribution in [2.24, 2.45) is 0 Å². The average molecular weight is 380 g/mol. The molecule has 3 rings (SSSR count). The molecule has 148 valence electrons. The van der Waals surface area contributed by atoms with E-state index in [1.54, 1.807) is 0 Å². The molecule has 28 heavy (non-hydrogen) atoms. The summed E-state index contributed by atoms with van der Waals surface area (Å²) in [6.45, 7) is 6.58. The van der Waals surface area contributed by atoms with Crippen molar-refractivity contribution in [2.75, 3.05) is 19.7 Å².